The zero-order valence-electron chi connectivity index (χ0n) is 3.95. The summed E-state index contributed by atoms with van der Waals surface area (Å²) in [5, 5.41) is 0. The van der Waals surface area contributed by atoms with Crippen molar-refractivity contribution in [3.63, 3.8) is 0 Å². The molecule has 0 saturated heterocycles. The Morgan fingerprint density at radius 1 is 1.50 bits per heavy atom. The fourth-order valence-corrected chi connectivity index (χ4v) is 0.230. The molecule has 6 heavy (non-hydrogen) atoms. The van der Waals surface area contributed by atoms with E-state index in [2.05, 4.69) is 0 Å². The second-order valence-corrected chi connectivity index (χ2v) is 1.03. The lowest BCUT2D eigenvalue weighted by Crippen LogP contribution is -1.58. The molecule has 0 saturated carbocycles. The van der Waals surface area contributed by atoms with Gasteiger partial charge in [0.25, 0.3) is 0 Å². The van der Waals surface area contributed by atoms with E-state index in [1.165, 1.54) is 6.08 Å². The third-order valence-electron chi connectivity index (χ3n) is 0.491. The van der Waals surface area contributed by atoms with Crippen LogP contribution in [0.15, 0.2) is 12.2 Å². The lowest BCUT2D eigenvalue weighted by molar-refractivity contribution is 0.561. The first kappa shape index (κ1) is 5.67. The number of hydrogen-bond donors (Lipinski definition) is 0. The Labute approximate surface area is 37.7 Å². The summed E-state index contributed by atoms with van der Waals surface area (Å²) < 4.78 is 11.1. The SMILES string of the molecule is CCC=CC[19F]. The van der Waals surface area contributed by atoms with E-state index >= 15 is 0 Å². The Morgan fingerprint density at radius 3 is 2.33 bits per heavy atom. The molecular formula is C5H9F. The maximum Gasteiger partial charge on any atom is 0.108 e. The van der Waals surface area contributed by atoms with Crippen LogP contribution in [0.5, 0.6) is 0 Å². The van der Waals surface area contributed by atoms with E-state index in [1.807, 2.05) is 6.92 Å². The molecule has 0 aromatic rings. The quantitative estimate of drug-likeness (QED) is 0.452. The van der Waals surface area contributed by atoms with Gasteiger partial charge in [-0.25, -0.2) is 4.39 Å². The Kier molecular flexibility index (Phi) is 4.41. The number of hydrogen-bond acceptors (Lipinski definition) is 0. The third-order valence-corrected chi connectivity index (χ3v) is 0.491. The fourth-order valence-electron chi connectivity index (χ4n) is 0.230. The largest absolute Gasteiger partial charge is 0.247 e. The third kappa shape index (κ3) is 3.67. The van der Waals surface area contributed by atoms with Crippen molar-refractivity contribution in [3.8, 4) is 0 Å². The van der Waals surface area contributed by atoms with Crippen LogP contribution in [0.1, 0.15) is 13.3 Å². The van der Waals surface area contributed by atoms with Crippen LogP contribution in [0, 0.1) is 0 Å². The van der Waals surface area contributed by atoms with Crippen molar-refractivity contribution >= 4 is 0 Å². The van der Waals surface area contributed by atoms with Crippen LogP contribution in [0.25, 0.3) is 0 Å². The predicted molar refractivity (Wildman–Crippen MR) is 25.4 cm³/mol. The van der Waals surface area contributed by atoms with Crippen LogP contribution >= 0.6 is 0 Å². The molecule has 0 aromatic carbocycles. The standard InChI is InChI=1S/C5H9F/c1-2-3-4-5-6/h3-4H,2,5H2,1H3/i6+0. The second-order valence-electron chi connectivity index (χ2n) is 1.03. The van der Waals surface area contributed by atoms with E-state index in [0.29, 0.717) is 0 Å². The van der Waals surface area contributed by atoms with Gasteiger partial charge in [0.2, 0.25) is 0 Å². The van der Waals surface area contributed by atoms with Gasteiger partial charge in [-0.1, -0.05) is 19.1 Å². The highest BCUT2D eigenvalue weighted by atomic mass is 19.1. The van der Waals surface area contributed by atoms with Crippen molar-refractivity contribution in [2.24, 2.45) is 0 Å². The minimum absolute atomic E-state index is 0.326. The summed E-state index contributed by atoms with van der Waals surface area (Å²) in [6.07, 6.45) is 4.25. The highest BCUT2D eigenvalue weighted by Gasteiger charge is 1.62. The van der Waals surface area contributed by atoms with Crippen molar-refractivity contribution in [2.75, 3.05) is 6.67 Å². The summed E-state index contributed by atoms with van der Waals surface area (Å²) in [6.45, 7) is 1.65. The van der Waals surface area contributed by atoms with Gasteiger partial charge in [-0.2, -0.15) is 0 Å². The van der Waals surface area contributed by atoms with E-state index < -0.39 is 0 Å². The van der Waals surface area contributed by atoms with E-state index in [4.69, 9.17) is 0 Å². The Balaban J connectivity index is 2.73. The molecule has 0 nitrogen and oxygen atoms in total. The Bertz CT molecular complexity index is 33.2. The molecule has 0 aliphatic heterocycles. The van der Waals surface area contributed by atoms with Crippen LogP contribution < -0.4 is 0 Å². The molecule has 0 atom stereocenters. The molecular weight excluding hydrogens is 79.1 g/mol. The summed E-state index contributed by atoms with van der Waals surface area (Å²) in [5.41, 5.74) is 0. The van der Waals surface area contributed by atoms with Crippen molar-refractivity contribution in [1.29, 1.82) is 0 Å². The second kappa shape index (κ2) is 4.67. The molecule has 0 heterocycles. The molecule has 0 N–H and O–H groups in total. The molecule has 0 aromatic heterocycles. The molecule has 36 valence electrons. The van der Waals surface area contributed by atoms with Gasteiger partial charge >= 0.3 is 0 Å². The fraction of sp³-hybridized carbons (Fsp3) is 0.600. The monoisotopic (exact) mass is 88.1 g/mol. The summed E-state index contributed by atoms with van der Waals surface area (Å²) in [4.78, 5) is 0. The Hall–Kier alpha value is -0.330. The minimum Gasteiger partial charge on any atom is -0.247 e. The zero-order valence-corrected chi connectivity index (χ0v) is 3.95. The van der Waals surface area contributed by atoms with E-state index in [-0.39, 0.29) is 6.67 Å². The maximum absolute atomic E-state index is 11.1. The molecule has 0 bridgehead atoms. The predicted octanol–water partition coefficient (Wildman–Crippen LogP) is 1.92. The van der Waals surface area contributed by atoms with Crippen LogP contribution in [-0.2, 0) is 0 Å². The summed E-state index contributed by atoms with van der Waals surface area (Å²) in [7, 11) is 0. The highest BCUT2D eigenvalue weighted by molar-refractivity contribution is 4.78. The molecule has 0 radical (unpaired) electrons. The summed E-state index contributed by atoms with van der Waals surface area (Å²) in [5.74, 6) is 0. The van der Waals surface area contributed by atoms with E-state index in [0.717, 1.165) is 6.42 Å². The smallest absolute Gasteiger partial charge is 0.108 e. The lowest BCUT2D eigenvalue weighted by atomic mass is 10.4. The number of alkyl halides is 1. The van der Waals surface area contributed by atoms with Gasteiger partial charge in [-0.15, -0.1) is 0 Å². The Morgan fingerprint density at radius 2 is 2.17 bits per heavy atom. The zero-order chi connectivity index (χ0) is 4.83. The number of rotatable bonds is 2. The van der Waals surface area contributed by atoms with Gasteiger partial charge in [0, 0.05) is 0 Å². The minimum atomic E-state index is -0.326. The van der Waals surface area contributed by atoms with Gasteiger partial charge in [0.05, 0.1) is 0 Å². The van der Waals surface area contributed by atoms with Gasteiger partial charge in [-0.3, -0.25) is 0 Å². The van der Waals surface area contributed by atoms with Gasteiger partial charge in [-0.05, 0) is 6.42 Å². The molecule has 1 heteroatoms. The average Bonchev–Trinajstić information content (AvgIpc) is 1.61. The van der Waals surface area contributed by atoms with Crippen molar-refractivity contribution in [3.05, 3.63) is 12.2 Å². The molecule has 0 spiro atoms. The first-order valence-electron chi connectivity index (χ1n) is 2.12. The van der Waals surface area contributed by atoms with Crippen molar-refractivity contribution in [2.45, 2.75) is 13.3 Å². The van der Waals surface area contributed by atoms with E-state index in [9.17, 15) is 4.39 Å². The average molecular weight is 88.1 g/mol. The molecule has 0 fully saturated rings. The van der Waals surface area contributed by atoms with Gasteiger partial charge < -0.3 is 0 Å². The molecule has 0 rings (SSSR count). The molecule has 0 aliphatic carbocycles. The first-order valence-corrected chi connectivity index (χ1v) is 2.12. The molecule has 0 amide bonds. The van der Waals surface area contributed by atoms with Crippen molar-refractivity contribution < 1.29 is 4.39 Å². The maximum atomic E-state index is 11.1. The summed E-state index contributed by atoms with van der Waals surface area (Å²) >= 11 is 0. The highest BCUT2D eigenvalue weighted by Crippen LogP contribution is 1.77. The van der Waals surface area contributed by atoms with Crippen LogP contribution in [0.4, 0.5) is 4.39 Å². The van der Waals surface area contributed by atoms with Crippen molar-refractivity contribution in [1.82, 2.24) is 0 Å². The lowest BCUT2D eigenvalue weighted by Gasteiger charge is -1.70. The number of halogens is 1. The summed E-state index contributed by atoms with van der Waals surface area (Å²) in [6, 6.07) is 0. The topological polar surface area (TPSA) is 0 Å². The van der Waals surface area contributed by atoms with E-state index in [1.54, 1.807) is 6.08 Å². The molecule has 0 aliphatic rings. The first-order chi connectivity index (χ1) is 2.91. The van der Waals surface area contributed by atoms with Gasteiger partial charge in [0.15, 0.2) is 0 Å². The van der Waals surface area contributed by atoms with Gasteiger partial charge in [0.1, 0.15) is 6.67 Å². The molecule has 0 unspecified atom stereocenters. The van der Waals surface area contributed by atoms with Crippen LogP contribution in [0.3, 0.4) is 0 Å². The van der Waals surface area contributed by atoms with Crippen LogP contribution in [0.2, 0.25) is 0 Å². The normalized spacial score (nSPS) is 10.3. The number of allylic oxidation sites excluding steroid dienone is 2. The van der Waals surface area contributed by atoms with Crippen LogP contribution in [-0.4, -0.2) is 6.67 Å².